The SMILES string of the molecule is C=c1c(=CC)c2cc3c(cc2n1C=CCCC(C)=CC(=CCCC)c1cccc2ccccc12)C(C)(C)c1cc(N(c2ccccc2)c2ccccc2)ccc1-3. The number of allylic oxidation sites excluding steroid dienone is 5. The molecule has 1 aliphatic carbocycles. The lowest BCUT2D eigenvalue weighted by molar-refractivity contribution is 0.661. The number of para-hydroxylation sites is 2. The van der Waals surface area contributed by atoms with Gasteiger partial charge in [0.25, 0.3) is 0 Å². The third kappa shape index (κ3) is 6.75. The molecule has 0 saturated carbocycles. The number of aromatic nitrogens is 1. The molecule has 0 atom stereocenters. The van der Waals surface area contributed by atoms with E-state index in [1.54, 1.807) is 0 Å². The number of hydrogen-bond donors (Lipinski definition) is 0. The molecule has 6 aromatic carbocycles. The summed E-state index contributed by atoms with van der Waals surface area (Å²) < 4.78 is 2.31. The van der Waals surface area contributed by atoms with Crippen molar-refractivity contribution in [2.75, 3.05) is 4.90 Å². The molecular weight excluding hydrogens is 677 g/mol. The summed E-state index contributed by atoms with van der Waals surface area (Å²) in [6, 6.07) is 48.6. The minimum absolute atomic E-state index is 0.181. The van der Waals surface area contributed by atoms with E-state index >= 15 is 0 Å². The van der Waals surface area contributed by atoms with E-state index in [2.05, 4.69) is 215 Å². The predicted molar refractivity (Wildman–Crippen MR) is 244 cm³/mol. The van der Waals surface area contributed by atoms with Crippen LogP contribution in [-0.2, 0) is 5.41 Å². The van der Waals surface area contributed by atoms with Crippen molar-refractivity contribution in [1.82, 2.24) is 4.57 Å². The number of nitrogens with zero attached hydrogens (tertiary/aromatic N) is 2. The summed E-state index contributed by atoms with van der Waals surface area (Å²) in [5.41, 5.74) is 13.8. The van der Waals surface area contributed by atoms with E-state index < -0.39 is 0 Å². The highest BCUT2D eigenvalue weighted by Crippen LogP contribution is 2.51. The molecule has 0 amide bonds. The van der Waals surface area contributed by atoms with E-state index in [9.17, 15) is 0 Å². The maximum Gasteiger partial charge on any atom is 0.0537 e. The summed E-state index contributed by atoms with van der Waals surface area (Å²) in [6.45, 7) is 16.0. The van der Waals surface area contributed by atoms with Crippen LogP contribution in [0.3, 0.4) is 0 Å². The average Bonchev–Trinajstić information content (AvgIpc) is 3.61. The highest BCUT2D eigenvalue weighted by Gasteiger charge is 2.37. The second-order valence-corrected chi connectivity index (χ2v) is 15.7. The van der Waals surface area contributed by atoms with Gasteiger partial charge >= 0.3 is 0 Å². The zero-order valence-electron chi connectivity index (χ0n) is 33.5. The zero-order chi connectivity index (χ0) is 38.8. The molecule has 278 valence electrons. The Morgan fingerprint density at radius 3 is 2.11 bits per heavy atom. The fourth-order valence-electron chi connectivity index (χ4n) is 8.69. The van der Waals surface area contributed by atoms with Crippen LogP contribution in [-0.4, -0.2) is 4.57 Å². The number of rotatable bonds is 11. The number of fused-ring (bicyclic) bond motifs is 5. The van der Waals surface area contributed by atoms with E-state index in [0.717, 1.165) is 48.1 Å². The van der Waals surface area contributed by atoms with E-state index in [1.807, 2.05) is 0 Å². The van der Waals surface area contributed by atoms with Gasteiger partial charge in [0.15, 0.2) is 0 Å². The van der Waals surface area contributed by atoms with Crippen LogP contribution in [0.15, 0.2) is 157 Å². The monoisotopic (exact) mass is 728 g/mol. The van der Waals surface area contributed by atoms with Gasteiger partial charge in [0.05, 0.1) is 5.52 Å². The Labute approximate surface area is 332 Å². The molecule has 1 heterocycles. The Morgan fingerprint density at radius 1 is 0.714 bits per heavy atom. The molecule has 0 N–H and O–H groups in total. The standard InChI is InChI=1S/C54H52N2/c1-7-9-22-41(47-30-20-24-40-23-16-17-29-46(40)47)34-38(3)21-18-19-33-55-39(4)45(8-2)50-36-49-48-32-31-44(35-51(48)54(5,6)52(49)37-53(50)55)56(42-25-12-10-13-26-42)43-27-14-11-15-28-43/h8,10-17,19-20,22-37H,4,7,9,18,21H2,1-3,5-6H3. The molecule has 0 spiro atoms. The lowest BCUT2D eigenvalue weighted by Gasteiger charge is -2.28. The Morgan fingerprint density at radius 2 is 1.39 bits per heavy atom. The maximum absolute atomic E-state index is 4.60. The quantitative estimate of drug-likeness (QED) is 0.120. The first-order valence-electron chi connectivity index (χ1n) is 20.2. The molecule has 0 aliphatic heterocycles. The van der Waals surface area contributed by atoms with Gasteiger partial charge in [0.2, 0.25) is 0 Å². The molecule has 1 aromatic heterocycles. The van der Waals surface area contributed by atoms with Crippen LogP contribution in [0, 0.1) is 0 Å². The molecule has 0 saturated heterocycles. The Kier molecular flexibility index (Phi) is 10.2. The first-order chi connectivity index (χ1) is 27.3. The van der Waals surface area contributed by atoms with Crippen LogP contribution >= 0.6 is 0 Å². The number of unbranched alkanes of at least 4 members (excludes halogenated alkanes) is 1. The van der Waals surface area contributed by atoms with E-state index in [-0.39, 0.29) is 5.41 Å². The van der Waals surface area contributed by atoms with Crippen LogP contribution in [0.4, 0.5) is 17.1 Å². The van der Waals surface area contributed by atoms with Crippen LogP contribution in [0.1, 0.15) is 77.0 Å². The Balaban J connectivity index is 1.10. The van der Waals surface area contributed by atoms with Gasteiger partial charge in [-0.15, -0.1) is 0 Å². The van der Waals surface area contributed by atoms with Crippen molar-refractivity contribution < 1.29 is 0 Å². The normalized spacial score (nSPS) is 14.2. The first kappa shape index (κ1) is 36.8. The van der Waals surface area contributed by atoms with E-state index in [1.165, 1.54) is 65.9 Å². The summed E-state index contributed by atoms with van der Waals surface area (Å²) >= 11 is 0. The molecule has 0 fully saturated rings. The van der Waals surface area contributed by atoms with Gasteiger partial charge < -0.3 is 9.47 Å². The van der Waals surface area contributed by atoms with Gasteiger partial charge in [-0.05, 0) is 126 Å². The Bertz CT molecular complexity index is 2710. The second kappa shape index (κ2) is 15.6. The fourth-order valence-corrected chi connectivity index (χ4v) is 8.69. The fraction of sp³-hybridized carbons (Fsp3) is 0.185. The van der Waals surface area contributed by atoms with E-state index in [4.69, 9.17) is 0 Å². The van der Waals surface area contributed by atoms with Crippen molar-refractivity contribution in [2.24, 2.45) is 0 Å². The number of hydrogen-bond acceptors (Lipinski definition) is 1. The molecule has 1 aliphatic rings. The van der Waals surface area contributed by atoms with E-state index in [0.29, 0.717) is 0 Å². The van der Waals surface area contributed by atoms with Crippen LogP contribution in [0.5, 0.6) is 0 Å². The smallest absolute Gasteiger partial charge is 0.0537 e. The third-order valence-electron chi connectivity index (χ3n) is 11.6. The molecule has 0 radical (unpaired) electrons. The predicted octanol–water partition coefficient (Wildman–Crippen LogP) is 13.9. The van der Waals surface area contributed by atoms with Gasteiger partial charge in [0, 0.05) is 44.6 Å². The van der Waals surface area contributed by atoms with Gasteiger partial charge in [-0.3, -0.25) is 0 Å². The molecule has 7 aromatic rings. The summed E-state index contributed by atoms with van der Waals surface area (Å²) in [7, 11) is 0. The molecular formula is C54H52N2. The topological polar surface area (TPSA) is 8.17 Å². The van der Waals surface area contributed by atoms with Gasteiger partial charge in [-0.25, -0.2) is 0 Å². The summed E-state index contributed by atoms with van der Waals surface area (Å²) in [5, 5.41) is 6.08. The van der Waals surface area contributed by atoms with Crippen LogP contribution < -0.4 is 15.5 Å². The molecule has 56 heavy (non-hydrogen) atoms. The first-order valence-corrected chi connectivity index (χ1v) is 20.2. The van der Waals surface area contributed by atoms with Crippen molar-refractivity contribution >= 4 is 63.2 Å². The van der Waals surface area contributed by atoms with Gasteiger partial charge in [0.1, 0.15) is 0 Å². The summed E-state index contributed by atoms with van der Waals surface area (Å²) in [4.78, 5) is 2.36. The molecule has 0 bridgehead atoms. The van der Waals surface area contributed by atoms with Crippen molar-refractivity contribution in [3.63, 3.8) is 0 Å². The molecule has 2 heteroatoms. The van der Waals surface area contributed by atoms with Crippen LogP contribution in [0.25, 0.3) is 57.2 Å². The van der Waals surface area contributed by atoms with Crippen molar-refractivity contribution in [1.29, 1.82) is 0 Å². The minimum atomic E-state index is -0.181. The second-order valence-electron chi connectivity index (χ2n) is 15.7. The molecule has 0 unspecified atom stereocenters. The van der Waals surface area contributed by atoms with Gasteiger partial charge in [-0.1, -0.05) is 149 Å². The lowest BCUT2D eigenvalue weighted by Crippen LogP contribution is -2.24. The molecule has 8 rings (SSSR count). The highest BCUT2D eigenvalue weighted by molar-refractivity contribution is 5.97. The van der Waals surface area contributed by atoms with Crippen LogP contribution in [0.2, 0.25) is 0 Å². The van der Waals surface area contributed by atoms with Gasteiger partial charge in [-0.2, -0.15) is 0 Å². The molecule has 2 nitrogen and oxygen atoms in total. The largest absolute Gasteiger partial charge is 0.317 e. The Hall–Kier alpha value is -6.12. The zero-order valence-corrected chi connectivity index (χ0v) is 33.5. The van der Waals surface area contributed by atoms with Crippen molar-refractivity contribution in [3.8, 4) is 11.1 Å². The third-order valence-corrected chi connectivity index (χ3v) is 11.6. The summed E-state index contributed by atoms with van der Waals surface area (Å²) in [5.74, 6) is 0. The number of benzene rings is 6. The maximum atomic E-state index is 4.60. The highest BCUT2D eigenvalue weighted by atomic mass is 15.1. The summed E-state index contributed by atoms with van der Waals surface area (Å²) in [6.07, 6.45) is 15.7. The van der Waals surface area contributed by atoms with Crippen molar-refractivity contribution in [3.05, 3.63) is 185 Å². The number of anilines is 3. The van der Waals surface area contributed by atoms with Crippen molar-refractivity contribution in [2.45, 2.75) is 65.7 Å². The lowest BCUT2D eigenvalue weighted by atomic mass is 9.82. The average molecular weight is 729 g/mol. The minimum Gasteiger partial charge on any atom is -0.317 e.